The number of ether oxygens (including phenoxy) is 1. The maximum absolute atomic E-state index is 13.0. The minimum atomic E-state index is -0.641. The van der Waals surface area contributed by atoms with Crippen LogP contribution in [0.5, 0.6) is 5.75 Å². The van der Waals surface area contributed by atoms with Gasteiger partial charge in [-0.1, -0.05) is 13.3 Å². The average Bonchev–Trinajstić information content (AvgIpc) is 2.20. The Morgan fingerprint density at radius 3 is 2.80 bits per heavy atom. The third-order valence-electron chi connectivity index (χ3n) is 1.95. The highest BCUT2D eigenvalue weighted by molar-refractivity contribution is 5.24. The Morgan fingerprint density at radius 2 is 2.13 bits per heavy atom. The summed E-state index contributed by atoms with van der Waals surface area (Å²) in [6, 6.07) is 2.98. The van der Waals surface area contributed by atoms with Gasteiger partial charge in [0.25, 0.3) is 0 Å². The quantitative estimate of drug-likeness (QED) is 0.819. The highest BCUT2D eigenvalue weighted by Crippen LogP contribution is 2.18. The highest BCUT2D eigenvalue weighted by atomic mass is 19.1. The van der Waals surface area contributed by atoms with Gasteiger partial charge in [0.15, 0.2) is 11.6 Å². The first-order valence-electron chi connectivity index (χ1n) is 4.89. The fourth-order valence-corrected chi connectivity index (χ4v) is 1.19. The van der Waals surface area contributed by atoms with Gasteiger partial charge in [0.2, 0.25) is 0 Å². The van der Waals surface area contributed by atoms with E-state index in [2.05, 4.69) is 0 Å². The molecule has 0 aliphatic rings. The van der Waals surface area contributed by atoms with Gasteiger partial charge in [0, 0.05) is 6.07 Å². The number of benzene rings is 1. The SMILES string of the molecule is CCCC(O)COc1cc(F)ccc1F. The monoisotopic (exact) mass is 216 g/mol. The van der Waals surface area contributed by atoms with Crippen molar-refractivity contribution in [1.29, 1.82) is 0 Å². The summed E-state index contributed by atoms with van der Waals surface area (Å²) in [4.78, 5) is 0. The number of aliphatic hydroxyl groups excluding tert-OH is 1. The van der Waals surface area contributed by atoms with Crippen LogP contribution < -0.4 is 4.74 Å². The first-order chi connectivity index (χ1) is 7.13. The van der Waals surface area contributed by atoms with Crippen LogP contribution in [-0.2, 0) is 0 Å². The van der Waals surface area contributed by atoms with Crippen LogP contribution in [0.4, 0.5) is 8.78 Å². The van der Waals surface area contributed by atoms with Gasteiger partial charge in [-0.2, -0.15) is 0 Å². The molecule has 0 radical (unpaired) electrons. The Kier molecular flexibility index (Phi) is 4.49. The van der Waals surface area contributed by atoms with Crippen LogP contribution in [0.2, 0.25) is 0 Å². The summed E-state index contributed by atoms with van der Waals surface area (Å²) in [6.07, 6.45) is 0.755. The van der Waals surface area contributed by atoms with E-state index < -0.39 is 17.7 Å². The van der Waals surface area contributed by atoms with E-state index in [1.165, 1.54) is 0 Å². The van der Waals surface area contributed by atoms with E-state index >= 15 is 0 Å². The highest BCUT2D eigenvalue weighted by Gasteiger charge is 2.08. The molecule has 0 aliphatic carbocycles. The van der Waals surface area contributed by atoms with Crippen molar-refractivity contribution in [1.82, 2.24) is 0 Å². The molecule has 0 amide bonds. The average molecular weight is 216 g/mol. The van der Waals surface area contributed by atoms with Gasteiger partial charge in [-0.3, -0.25) is 0 Å². The normalized spacial score (nSPS) is 12.5. The lowest BCUT2D eigenvalue weighted by molar-refractivity contribution is 0.0970. The number of hydrogen-bond acceptors (Lipinski definition) is 2. The van der Waals surface area contributed by atoms with Crippen molar-refractivity contribution >= 4 is 0 Å². The second kappa shape index (κ2) is 5.66. The summed E-state index contributed by atoms with van der Waals surface area (Å²) >= 11 is 0. The smallest absolute Gasteiger partial charge is 0.165 e. The largest absolute Gasteiger partial charge is 0.488 e. The van der Waals surface area contributed by atoms with Crippen LogP contribution in [0.15, 0.2) is 18.2 Å². The molecule has 84 valence electrons. The molecule has 1 unspecified atom stereocenters. The molecule has 0 bridgehead atoms. The van der Waals surface area contributed by atoms with E-state index in [0.29, 0.717) is 6.42 Å². The number of aliphatic hydroxyl groups is 1. The maximum atomic E-state index is 13.0. The molecule has 4 heteroatoms. The molecule has 1 atom stereocenters. The standard InChI is InChI=1S/C11H14F2O2/c1-2-3-9(14)7-15-11-6-8(12)4-5-10(11)13/h4-6,9,14H,2-3,7H2,1H3. The Bertz CT molecular complexity index is 315. The third kappa shape index (κ3) is 3.83. The summed E-state index contributed by atoms with van der Waals surface area (Å²) in [5.74, 6) is -1.35. The third-order valence-corrected chi connectivity index (χ3v) is 1.95. The predicted octanol–water partition coefficient (Wildman–Crippen LogP) is 2.50. The molecule has 15 heavy (non-hydrogen) atoms. The van der Waals surface area contributed by atoms with Crippen LogP contribution in [0.25, 0.3) is 0 Å². The molecule has 2 nitrogen and oxygen atoms in total. The molecule has 1 N–H and O–H groups in total. The zero-order chi connectivity index (χ0) is 11.3. The molecule has 0 aromatic heterocycles. The van der Waals surface area contributed by atoms with Crippen LogP contribution in [0, 0.1) is 11.6 Å². The van der Waals surface area contributed by atoms with E-state index in [9.17, 15) is 13.9 Å². The molecule has 0 saturated carbocycles. The van der Waals surface area contributed by atoms with Crippen molar-refractivity contribution in [3.63, 3.8) is 0 Å². The first-order valence-corrected chi connectivity index (χ1v) is 4.89. The summed E-state index contributed by atoms with van der Waals surface area (Å²) in [5, 5.41) is 9.33. The van der Waals surface area contributed by atoms with Crippen LogP contribution in [-0.4, -0.2) is 17.8 Å². The molecular formula is C11H14F2O2. The first kappa shape index (κ1) is 11.9. The number of rotatable bonds is 5. The van der Waals surface area contributed by atoms with E-state index in [1.807, 2.05) is 6.92 Å². The van der Waals surface area contributed by atoms with Crippen molar-refractivity contribution in [3.8, 4) is 5.75 Å². The molecular weight excluding hydrogens is 202 g/mol. The van der Waals surface area contributed by atoms with E-state index in [4.69, 9.17) is 4.74 Å². The lowest BCUT2D eigenvalue weighted by Gasteiger charge is -2.11. The molecule has 1 aromatic carbocycles. The Balaban J connectivity index is 2.53. The van der Waals surface area contributed by atoms with Gasteiger partial charge in [-0.05, 0) is 18.6 Å². The van der Waals surface area contributed by atoms with Gasteiger partial charge < -0.3 is 9.84 Å². The van der Waals surface area contributed by atoms with Crippen molar-refractivity contribution in [3.05, 3.63) is 29.8 Å². The fraction of sp³-hybridized carbons (Fsp3) is 0.455. The van der Waals surface area contributed by atoms with Crippen LogP contribution >= 0.6 is 0 Å². The van der Waals surface area contributed by atoms with Gasteiger partial charge in [-0.15, -0.1) is 0 Å². The molecule has 1 rings (SSSR count). The molecule has 0 aliphatic heterocycles. The van der Waals surface area contributed by atoms with Crippen LogP contribution in [0.3, 0.4) is 0 Å². The summed E-state index contributed by atoms with van der Waals surface area (Å²) in [5.41, 5.74) is 0. The second-order valence-corrected chi connectivity index (χ2v) is 3.33. The van der Waals surface area contributed by atoms with Gasteiger partial charge in [0.1, 0.15) is 12.4 Å². The van der Waals surface area contributed by atoms with Gasteiger partial charge in [-0.25, -0.2) is 8.78 Å². The van der Waals surface area contributed by atoms with E-state index in [0.717, 1.165) is 24.6 Å². The lowest BCUT2D eigenvalue weighted by atomic mass is 10.2. The lowest BCUT2D eigenvalue weighted by Crippen LogP contribution is -2.17. The molecule has 0 heterocycles. The molecule has 0 saturated heterocycles. The fourth-order valence-electron chi connectivity index (χ4n) is 1.19. The Morgan fingerprint density at radius 1 is 1.40 bits per heavy atom. The molecule has 0 fully saturated rings. The summed E-state index contributed by atoms with van der Waals surface area (Å²) in [7, 11) is 0. The minimum absolute atomic E-state index is 0.0196. The maximum Gasteiger partial charge on any atom is 0.165 e. The Hall–Kier alpha value is -1.16. The topological polar surface area (TPSA) is 29.5 Å². The van der Waals surface area contributed by atoms with Crippen molar-refractivity contribution < 1.29 is 18.6 Å². The summed E-state index contributed by atoms with van der Waals surface area (Å²) in [6.45, 7) is 1.90. The van der Waals surface area contributed by atoms with E-state index in [-0.39, 0.29) is 12.4 Å². The van der Waals surface area contributed by atoms with Gasteiger partial charge in [0.05, 0.1) is 6.10 Å². The van der Waals surface area contributed by atoms with Crippen molar-refractivity contribution in [2.24, 2.45) is 0 Å². The van der Waals surface area contributed by atoms with Gasteiger partial charge >= 0.3 is 0 Å². The van der Waals surface area contributed by atoms with Crippen molar-refractivity contribution in [2.45, 2.75) is 25.9 Å². The zero-order valence-electron chi connectivity index (χ0n) is 8.54. The number of halogens is 2. The predicted molar refractivity (Wildman–Crippen MR) is 52.8 cm³/mol. The molecule has 0 spiro atoms. The summed E-state index contributed by atoms with van der Waals surface area (Å²) < 4.78 is 30.7. The Labute approximate surface area is 87.5 Å². The minimum Gasteiger partial charge on any atom is -0.488 e. The van der Waals surface area contributed by atoms with Crippen molar-refractivity contribution in [2.75, 3.05) is 6.61 Å². The second-order valence-electron chi connectivity index (χ2n) is 3.33. The van der Waals surface area contributed by atoms with E-state index in [1.54, 1.807) is 0 Å². The zero-order valence-corrected chi connectivity index (χ0v) is 8.54. The number of hydrogen-bond donors (Lipinski definition) is 1. The van der Waals surface area contributed by atoms with Crippen LogP contribution in [0.1, 0.15) is 19.8 Å². The molecule has 1 aromatic rings.